The number of fused-ring (bicyclic) bond motifs is 3. The summed E-state index contributed by atoms with van der Waals surface area (Å²) in [5.74, 6) is 0.987. The molecule has 0 saturated heterocycles. The lowest BCUT2D eigenvalue weighted by Gasteiger charge is -2.32. The molecule has 22 heavy (non-hydrogen) atoms. The Labute approximate surface area is 136 Å². The minimum atomic E-state index is -0.125. The van der Waals surface area contributed by atoms with Crippen LogP contribution < -0.4 is 0 Å². The van der Waals surface area contributed by atoms with Gasteiger partial charge in [-0.3, -0.25) is 4.79 Å². The molecular formula is C19H23NOS. The molecule has 1 aromatic carbocycles. The highest BCUT2D eigenvalue weighted by Crippen LogP contribution is 2.66. The summed E-state index contributed by atoms with van der Waals surface area (Å²) in [4.78, 5) is 14.3. The van der Waals surface area contributed by atoms with Crippen LogP contribution in [-0.2, 0) is 11.8 Å². The largest absolute Gasteiger partial charge is 0.349 e. The van der Waals surface area contributed by atoms with Crippen molar-refractivity contribution in [2.24, 2.45) is 23.8 Å². The fraction of sp³-hybridized carbons (Fsp3) is 0.526. The Hall–Kier alpha value is -1.22. The second-order valence-corrected chi connectivity index (χ2v) is 8.91. The molecule has 4 rings (SSSR count). The Morgan fingerprint density at radius 2 is 1.95 bits per heavy atom. The number of thioether (sulfide) groups is 1. The number of para-hydroxylation sites is 1. The molecule has 0 amide bonds. The zero-order chi connectivity index (χ0) is 15.7. The number of carbonyl (C=O) groups is 1. The molecule has 2 fully saturated rings. The SMILES string of the molecule is Cn1cc(SC2C(=O)C3(C)CCC2C3(C)C)c2ccccc21. The summed E-state index contributed by atoms with van der Waals surface area (Å²) < 4.78 is 2.17. The van der Waals surface area contributed by atoms with Gasteiger partial charge in [-0.2, -0.15) is 0 Å². The molecule has 2 aliphatic rings. The van der Waals surface area contributed by atoms with Gasteiger partial charge in [-0.15, -0.1) is 11.8 Å². The fourth-order valence-electron chi connectivity index (χ4n) is 4.67. The monoisotopic (exact) mass is 313 g/mol. The molecule has 2 nitrogen and oxygen atoms in total. The third-order valence-corrected chi connectivity index (χ3v) is 7.96. The number of Topliss-reactive ketones (excluding diaryl/α,β-unsaturated/α-hetero) is 1. The summed E-state index contributed by atoms with van der Waals surface area (Å²) in [6.45, 7) is 6.79. The van der Waals surface area contributed by atoms with Gasteiger partial charge >= 0.3 is 0 Å². The van der Waals surface area contributed by atoms with Crippen molar-refractivity contribution in [3.8, 4) is 0 Å². The van der Waals surface area contributed by atoms with E-state index in [9.17, 15) is 4.79 Å². The summed E-state index contributed by atoms with van der Waals surface area (Å²) in [7, 11) is 2.08. The van der Waals surface area contributed by atoms with Gasteiger partial charge in [0, 0.05) is 34.5 Å². The van der Waals surface area contributed by atoms with Gasteiger partial charge in [0.05, 0.1) is 5.25 Å². The molecule has 1 aromatic heterocycles. The van der Waals surface area contributed by atoms with Crippen molar-refractivity contribution in [3.63, 3.8) is 0 Å². The Morgan fingerprint density at radius 1 is 1.23 bits per heavy atom. The van der Waals surface area contributed by atoms with Crippen molar-refractivity contribution >= 4 is 28.4 Å². The van der Waals surface area contributed by atoms with E-state index in [-0.39, 0.29) is 16.1 Å². The summed E-state index contributed by atoms with van der Waals surface area (Å²) in [6, 6.07) is 8.47. The average molecular weight is 313 g/mol. The first-order chi connectivity index (χ1) is 10.4. The number of rotatable bonds is 2. The van der Waals surface area contributed by atoms with E-state index in [1.807, 2.05) is 0 Å². The van der Waals surface area contributed by atoms with Gasteiger partial charge in [-0.05, 0) is 30.2 Å². The summed E-state index contributed by atoms with van der Waals surface area (Å²) in [5.41, 5.74) is 1.25. The standard InChI is InChI=1S/C19H23NOS/c1-18(2)13-9-10-19(18,3)17(21)16(13)22-15-11-20(4)14-8-6-5-7-12(14)15/h5-8,11,13,16H,9-10H2,1-4H3. The molecule has 3 atom stereocenters. The van der Waals surface area contributed by atoms with Gasteiger partial charge in [0.25, 0.3) is 0 Å². The van der Waals surface area contributed by atoms with Crippen LogP contribution in [0, 0.1) is 16.7 Å². The lowest BCUT2D eigenvalue weighted by atomic mass is 9.70. The van der Waals surface area contributed by atoms with Crippen LogP contribution in [-0.4, -0.2) is 15.6 Å². The number of aromatic nitrogens is 1. The summed E-state index contributed by atoms with van der Waals surface area (Å²) in [5, 5.41) is 1.40. The van der Waals surface area contributed by atoms with Crippen molar-refractivity contribution in [1.29, 1.82) is 0 Å². The maximum atomic E-state index is 13.0. The molecule has 116 valence electrons. The molecule has 0 N–H and O–H groups in total. The van der Waals surface area contributed by atoms with E-state index in [1.54, 1.807) is 11.8 Å². The van der Waals surface area contributed by atoms with Crippen LogP contribution >= 0.6 is 11.8 Å². The molecule has 2 saturated carbocycles. The minimum absolute atomic E-state index is 0.125. The predicted molar refractivity (Wildman–Crippen MR) is 92.2 cm³/mol. The van der Waals surface area contributed by atoms with Gasteiger partial charge in [0.1, 0.15) is 0 Å². The molecule has 0 aliphatic heterocycles. The minimum Gasteiger partial charge on any atom is -0.349 e. The smallest absolute Gasteiger partial charge is 0.152 e. The van der Waals surface area contributed by atoms with Crippen LogP contribution in [0.2, 0.25) is 0 Å². The molecular weight excluding hydrogens is 290 g/mol. The van der Waals surface area contributed by atoms with E-state index >= 15 is 0 Å². The molecule has 3 heteroatoms. The third-order valence-electron chi connectivity index (χ3n) is 6.59. The molecule has 3 unspecified atom stereocenters. The van der Waals surface area contributed by atoms with E-state index < -0.39 is 0 Å². The lowest BCUT2D eigenvalue weighted by Crippen LogP contribution is -2.34. The highest BCUT2D eigenvalue weighted by atomic mass is 32.2. The van der Waals surface area contributed by atoms with Crippen molar-refractivity contribution in [2.45, 2.75) is 43.8 Å². The maximum absolute atomic E-state index is 13.0. The van der Waals surface area contributed by atoms with Crippen LogP contribution in [0.5, 0.6) is 0 Å². The van der Waals surface area contributed by atoms with Crippen LogP contribution in [0.3, 0.4) is 0 Å². The van der Waals surface area contributed by atoms with Crippen molar-refractivity contribution < 1.29 is 4.79 Å². The predicted octanol–water partition coefficient (Wildman–Crippen LogP) is 4.66. The molecule has 0 spiro atoms. The molecule has 1 heterocycles. The van der Waals surface area contributed by atoms with Crippen molar-refractivity contribution in [2.75, 3.05) is 0 Å². The van der Waals surface area contributed by atoms with Crippen molar-refractivity contribution in [1.82, 2.24) is 4.57 Å². The lowest BCUT2D eigenvalue weighted by molar-refractivity contribution is -0.127. The zero-order valence-corrected chi connectivity index (χ0v) is 14.5. The number of carbonyl (C=O) groups excluding carboxylic acids is 1. The number of ketones is 1. The molecule has 2 aliphatic carbocycles. The maximum Gasteiger partial charge on any atom is 0.152 e. The van der Waals surface area contributed by atoms with E-state index in [4.69, 9.17) is 0 Å². The Kier molecular flexibility index (Phi) is 2.88. The number of aryl methyl sites for hydroxylation is 1. The fourth-order valence-corrected chi connectivity index (χ4v) is 6.47. The molecule has 2 aromatic rings. The van der Waals surface area contributed by atoms with Gasteiger partial charge in [-0.25, -0.2) is 0 Å². The van der Waals surface area contributed by atoms with Crippen molar-refractivity contribution in [3.05, 3.63) is 30.5 Å². The Morgan fingerprint density at radius 3 is 2.64 bits per heavy atom. The average Bonchev–Trinajstić information content (AvgIpc) is 2.97. The Bertz CT molecular complexity index is 775. The number of benzene rings is 1. The second-order valence-electron chi connectivity index (χ2n) is 7.72. The highest BCUT2D eigenvalue weighted by molar-refractivity contribution is 8.01. The van der Waals surface area contributed by atoms with Crippen LogP contribution in [0.1, 0.15) is 33.6 Å². The van der Waals surface area contributed by atoms with Gasteiger partial charge in [0.2, 0.25) is 0 Å². The second kappa shape index (κ2) is 4.41. The highest BCUT2D eigenvalue weighted by Gasteiger charge is 2.66. The van der Waals surface area contributed by atoms with Gasteiger partial charge < -0.3 is 4.57 Å². The van der Waals surface area contributed by atoms with E-state index in [0.29, 0.717) is 11.7 Å². The third kappa shape index (κ3) is 1.61. The summed E-state index contributed by atoms with van der Waals surface area (Å²) in [6.07, 6.45) is 4.44. The van der Waals surface area contributed by atoms with Crippen LogP contribution in [0.4, 0.5) is 0 Å². The molecule has 2 bridgehead atoms. The first kappa shape index (κ1) is 14.4. The quantitative estimate of drug-likeness (QED) is 0.804. The van der Waals surface area contributed by atoms with E-state index in [1.165, 1.54) is 22.2 Å². The first-order valence-corrected chi connectivity index (χ1v) is 8.99. The van der Waals surface area contributed by atoms with Crippen LogP contribution in [0.15, 0.2) is 35.4 Å². The number of hydrogen-bond donors (Lipinski definition) is 0. The number of hydrogen-bond acceptors (Lipinski definition) is 2. The topological polar surface area (TPSA) is 22.0 Å². The normalized spacial score (nSPS) is 33.0. The first-order valence-electron chi connectivity index (χ1n) is 8.11. The number of nitrogens with zero attached hydrogens (tertiary/aromatic N) is 1. The van der Waals surface area contributed by atoms with Gasteiger partial charge in [-0.1, -0.05) is 39.0 Å². The van der Waals surface area contributed by atoms with E-state index in [2.05, 4.69) is 62.8 Å². The zero-order valence-electron chi connectivity index (χ0n) is 13.7. The van der Waals surface area contributed by atoms with E-state index in [0.717, 1.165) is 6.42 Å². The Balaban J connectivity index is 1.74. The van der Waals surface area contributed by atoms with Crippen LogP contribution in [0.25, 0.3) is 10.9 Å². The molecule has 0 radical (unpaired) electrons. The van der Waals surface area contributed by atoms with Gasteiger partial charge in [0.15, 0.2) is 5.78 Å². The summed E-state index contributed by atoms with van der Waals surface area (Å²) >= 11 is 1.80.